The van der Waals surface area contributed by atoms with Gasteiger partial charge in [-0.1, -0.05) is 12.2 Å². The number of carboxylic acids is 1. The van der Waals surface area contributed by atoms with Gasteiger partial charge in [0.2, 0.25) is 0 Å². The van der Waals surface area contributed by atoms with E-state index >= 15 is 0 Å². The van der Waals surface area contributed by atoms with Crippen molar-refractivity contribution < 1.29 is 19.4 Å². The third-order valence-electron chi connectivity index (χ3n) is 4.46. The van der Waals surface area contributed by atoms with Crippen molar-refractivity contribution in [2.45, 2.75) is 6.92 Å². The van der Waals surface area contributed by atoms with Crippen molar-refractivity contribution in [2.24, 2.45) is 12.1 Å². The van der Waals surface area contributed by atoms with Crippen LogP contribution in [0.3, 0.4) is 0 Å². The van der Waals surface area contributed by atoms with Crippen LogP contribution in [0.15, 0.2) is 52.0 Å². The Balaban J connectivity index is 1.66. The Morgan fingerprint density at radius 2 is 1.97 bits per heavy atom. The Morgan fingerprint density at radius 3 is 2.59 bits per heavy atom. The van der Waals surface area contributed by atoms with Crippen LogP contribution >= 0.6 is 28.1 Å². The quantitative estimate of drug-likeness (QED) is 0.211. The largest absolute Gasteiger partial charge is 0.504 e. The number of aryl methyl sites for hydroxylation is 1. The maximum atomic E-state index is 13.5. The van der Waals surface area contributed by atoms with E-state index in [1.54, 1.807) is 38.2 Å². The number of benzene rings is 2. The minimum Gasteiger partial charge on any atom is -0.504 e. The molecule has 0 bridgehead atoms. The van der Waals surface area contributed by atoms with E-state index in [2.05, 4.69) is 36.9 Å². The molecule has 4 N–H and O–H groups in total. The summed E-state index contributed by atoms with van der Waals surface area (Å²) in [6.07, 6.45) is 0. The SMILES string of the molecule is CC(=NNCC(=S)Nc1ccc(C(=O)O)cc1)c1nn(C)c(-c2ccc(F)c(Br)c2)c1O. The summed E-state index contributed by atoms with van der Waals surface area (Å²) in [5, 5.41) is 31.1. The second-order valence-electron chi connectivity index (χ2n) is 6.76. The number of aromatic carboxylic acids is 1. The summed E-state index contributed by atoms with van der Waals surface area (Å²) in [4.78, 5) is 11.3. The lowest BCUT2D eigenvalue weighted by Crippen LogP contribution is -2.24. The van der Waals surface area contributed by atoms with E-state index in [4.69, 9.17) is 17.3 Å². The number of rotatable bonds is 7. The minimum absolute atomic E-state index is 0.0757. The second-order valence-corrected chi connectivity index (χ2v) is 8.11. The standard InChI is InChI=1S/C21H19BrFN5O3S/c1-11(26-24-10-17(32)25-14-6-3-12(4-7-14)21(30)31)18-20(29)19(28(2)27-18)13-5-8-16(23)15(22)9-13/h3-9,24,29H,10H2,1-2H3,(H,25,32)(H,30,31). The predicted molar refractivity (Wildman–Crippen MR) is 128 cm³/mol. The fourth-order valence-corrected chi connectivity index (χ4v) is 3.47. The number of anilines is 1. The number of thiocarbonyl (C=S) groups is 1. The minimum atomic E-state index is -1.00. The smallest absolute Gasteiger partial charge is 0.335 e. The number of aromatic hydroxyl groups is 1. The second kappa shape index (κ2) is 9.88. The zero-order chi connectivity index (χ0) is 23.4. The van der Waals surface area contributed by atoms with Gasteiger partial charge in [-0.15, -0.1) is 0 Å². The van der Waals surface area contributed by atoms with Crippen molar-refractivity contribution in [2.75, 3.05) is 11.9 Å². The zero-order valence-electron chi connectivity index (χ0n) is 17.1. The Kier molecular flexibility index (Phi) is 7.21. The molecule has 0 unspecified atom stereocenters. The molecule has 0 aliphatic rings. The molecule has 1 aromatic heterocycles. The van der Waals surface area contributed by atoms with Crippen LogP contribution in [-0.2, 0) is 7.05 Å². The fourth-order valence-electron chi connectivity index (χ4n) is 2.91. The molecular formula is C21H19BrFN5O3S. The highest BCUT2D eigenvalue weighted by Gasteiger charge is 2.19. The Hall–Kier alpha value is -3.31. The van der Waals surface area contributed by atoms with Crippen LogP contribution in [0.4, 0.5) is 10.1 Å². The third-order valence-corrected chi connectivity index (χ3v) is 5.31. The summed E-state index contributed by atoms with van der Waals surface area (Å²) in [7, 11) is 1.67. The summed E-state index contributed by atoms with van der Waals surface area (Å²) in [5.74, 6) is -1.48. The summed E-state index contributed by atoms with van der Waals surface area (Å²) >= 11 is 8.41. The number of carbonyl (C=O) groups is 1. The van der Waals surface area contributed by atoms with Crippen LogP contribution in [0.25, 0.3) is 11.3 Å². The first kappa shape index (κ1) is 23.4. The molecule has 3 aromatic rings. The van der Waals surface area contributed by atoms with Gasteiger partial charge in [-0.25, -0.2) is 9.18 Å². The predicted octanol–water partition coefficient (Wildman–Crippen LogP) is 4.15. The number of hydrogen-bond donors (Lipinski definition) is 4. The molecule has 0 atom stereocenters. The van der Waals surface area contributed by atoms with Crippen LogP contribution in [0.2, 0.25) is 0 Å². The molecule has 0 aliphatic carbocycles. The van der Waals surface area contributed by atoms with Crippen LogP contribution in [-0.4, -0.2) is 43.2 Å². The number of nitrogens with one attached hydrogen (secondary N) is 2. The van der Waals surface area contributed by atoms with Crippen molar-refractivity contribution in [1.82, 2.24) is 15.2 Å². The van der Waals surface area contributed by atoms with Gasteiger partial charge in [0, 0.05) is 18.3 Å². The first-order valence-electron chi connectivity index (χ1n) is 9.29. The molecule has 0 radical (unpaired) electrons. The average molecular weight is 520 g/mol. The number of halogens is 2. The van der Waals surface area contributed by atoms with Gasteiger partial charge in [0.25, 0.3) is 0 Å². The highest BCUT2D eigenvalue weighted by atomic mass is 79.9. The molecule has 0 spiro atoms. The van der Waals surface area contributed by atoms with Gasteiger partial charge in [-0.3, -0.25) is 4.68 Å². The van der Waals surface area contributed by atoms with Gasteiger partial charge in [0.1, 0.15) is 16.5 Å². The van der Waals surface area contributed by atoms with Gasteiger partial charge in [-0.2, -0.15) is 10.2 Å². The van der Waals surface area contributed by atoms with E-state index in [9.17, 15) is 14.3 Å². The van der Waals surface area contributed by atoms with Crippen molar-refractivity contribution in [1.29, 1.82) is 0 Å². The molecule has 11 heteroatoms. The van der Waals surface area contributed by atoms with Crippen molar-refractivity contribution in [3.8, 4) is 17.0 Å². The Bertz CT molecular complexity index is 1210. The number of nitrogens with zero attached hydrogens (tertiary/aromatic N) is 3. The number of aromatic nitrogens is 2. The molecule has 1 heterocycles. The van der Waals surface area contributed by atoms with Crippen LogP contribution in [0.1, 0.15) is 23.0 Å². The summed E-state index contributed by atoms with van der Waals surface area (Å²) in [5.41, 5.74) is 5.38. The Morgan fingerprint density at radius 1 is 1.28 bits per heavy atom. The maximum Gasteiger partial charge on any atom is 0.335 e. The highest BCUT2D eigenvalue weighted by molar-refractivity contribution is 9.10. The van der Waals surface area contributed by atoms with E-state index in [0.717, 1.165) is 0 Å². The van der Waals surface area contributed by atoms with Gasteiger partial charge in [0.15, 0.2) is 11.4 Å². The van der Waals surface area contributed by atoms with Crippen LogP contribution in [0.5, 0.6) is 5.75 Å². The summed E-state index contributed by atoms with van der Waals surface area (Å²) < 4.78 is 15.3. The van der Waals surface area contributed by atoms with E-state index in [1.165, 1.54) is 22.9 Å². The van der Waals surface area contributed by atoms with E-state index < -0.39 is 11.8 Å². The van der Waals surface area contributed by atoms with E-state index in [1.807, 2.05) is 0 Å². The molecule has 166 valence electrons. The van der Waals surface area contributed by atoms with Gasteiger partial charge < -0.3 is 21.0 Å². The van der Waals surface area contributed by atoms with Gasteiger partial charge in [-0.05, 0) is 65.3 Å². The van der Waals surface area contributed by atoms with Crippen molar-refractivity contribution >= 4 is 50.5 Å². The monoisotopic (exact) mass is 519 g/mol. The lowest BCUT2D eigenvalue weighted by molar-refractivity contribution is 0.0697. The van der Waals surface area contributed by atoms with Gasteiger partial charge in [0.05, 0.1) is 22.3 Å². The topological polar surface area (TPSA) is 112 Å². The van der Waals surface area contributed by atoms with Crippen molar-refractivity contribution in [3.05, 3.63) is 64.0 Å². The molecule has 0 fully saturated rings. The molecule has 0 amide bonds. The van der Waals surface area contributed by atoms with Crippen LogP contribution in [0, 0.1) is 5.82 Å². The molecule has 0 saturated carbocycles. The van der Waals surface area contributed by atoms with Crippen LogP contribution < -0.4 is 10.7 Å². The molecular weight excluding hydrogens is 501 g/mol. The molecule has 0 saturated heterocycles. The first-order chi connectivity index (χ1) is 15.2. The maximum absolute atomic E-state index is 13.5. The molecule has 3 rings (SSSR count). The third kappa shape index (κ3) is 5.29. The fraction of sp³-hybridized carbons (Fsp3) is 0.143. The summed E-state index contributed by atoms with van der Waals surface area (Å²) in [6, 6.07) is 10.6. The normalized spacial score (nSPS) is 11.3. The zero-order valence-corrected chi connectivity index (χ0v) is 19.5. The van der Waals surface area contributed by atoms with Gasteiger partial charge >= 0.3 is 5.97 Å². The van der Waals surface area contributed by atoms with Crippen molar-refractivity contribution in [3.63, 3.8) is 0 Å². The average Bonchev–Trinajstić information content (AvgIpc) is 3.04. The number of carboxylic acid groups (broad SMARTS) is 1. The lowest BCUT2D eigenvalue weighted by atomic mass is 10.1. The lowest BCUT2D eigenvalue weighted by Gasteiger charge is -2.08. The molecule has 2 aromatic carbocycles. The van der Waals surface area contributed by atoms with E-state index in [-0.39, 0.29) is 28.0 Å². The molecule has 0 aliphatic heterocycles. The molecule has 8 nitrogen and oxygen atoms in total. The number of hydrazone groups is 1. The Labute approximate surface area is 196 Å². The molecule has 32 heavy (non-hydrogen) atoms. The number of hydrogen-bond acceptors (Lipinski definition) is 6. The van der Waals surface area contributed by atoms with E-state index in [0.29, 0.717) is 27.6 Å². The summed E-state index contributed by atoms with van der Waals surface area (Å²) in [6.45, 7) is 1.89. The first-order valence-corrected chi connectivity index (χ1v) is 10.5. The highest BCUT2D eigenvalue weighted by Crippen LogP contribution is 2.34.